The summed E-state index contributed by atoms with van der Waals surface area (Å²) < 4.78 is 0. The Morgan fingerprint density at radius 3 is 3.00 bits per heavy atom. The van der Waals surface area contributed by atoms with Crippen LogP contribution in [-0.2, 0) is 0 Å². The molecule has 0 amide bonds. The van der Waals surface area contributed by atoms with Crippen LogP contribution in [0.3, 0.4) is 0 Å². The van der Waals surface area contributed by atoms with Crippen molar-refractivity contribution >= 4 is 17.9 Å². The quantitative estimate of drug-likeness (QED) is 0.448. The predicted molar refractivity (Wildman–Crippen MR) is 120 cm³/mol. The largest absolute Gasteiger partial charge is 0.375 e. The second-order valence-corrected chi connectivity index (χ2v) is 7.27. The molecule has 0 bridgehead atoms. The summed E-state index contributed by atoms with van der Waals surface area (Å²) in [4.78, 5) is 4.73. The Bertz CT molecular complexity index is 719. The smallest absolute Gasteiger partial charge is 0.120 e. The molecule has 0 aromatic heterocycles. The van der Waals surface area contributed by atoms with Crippen molar-refractivity contribution in [3.05, 3.63) is 35.3 Å². The first-order chi connectivity index (χ1) is 14.1. The predicted octanol–water partition coefficient (Wildman–Crippen LogP) is 3.57. The van der Waals surface area contributed by atoms with Crippen LogP contribution in [0.4, 0.5) is 0 Å². The summed E-state index contributed by atoms with van der Waals surface area (Å²) in [6, 6.07) is 0. The highest BCUT2D eigenvalue weighted by atomic mass is 16.5. The Balaban J connectivity index is 2.09. The average molecular weight is 402 g/mol. The van der Waals surface area contributed by atoms with Gasteiger partial charge in [-0.05, 0) is 51.2 Å². The maximum absolute atomic E-state index is 9.58. The van der Waals surface area contributed by atoms with E-state index in [-0.39, 0.29) is 0 Å². The third-order valence-corrected chi connectivity index (χ3v) is 4.81. The van der Waals surface area contributed by atoms with Gasteiger partial charge in [-0.2, -0.15) is 10.2 Å². The molecule has 0 unspecified atom stereocenters. The molecule has 0 saturated heterocycles. The Labute approximate surface area is 174 Å². The zero-order chi connectivity index (χ0) is 21.1. The molecule has 2 aliphatic rings. The summed E-state index contributed by atoms with van der Waals surface area (Å²) in [5, 5.41) is 25.6. The molecular weight excluding hydrogens is 366 g/mol. The van der Waals surface area contributed by atoms with Gasteiger partial charge in [-0.3, -0.25) is 20.7 Å². The normalized spacial score (nSPS) is 23.0. The van der Waals surface area contributed by atoms with Crippen LogP contribution in [0, 0.1) is 0 Å². The minimum atomic E-state index is 0.691. The van der Waals surface area contributed by atoms with E-state index in [9.17, 15) is 5.21 Å². The number of nitrogens with one attached hydrogen (secondary N) is 2. The number of hydrogen-bond donors (Lipinski definition) is 3. The van der Waals surface area contributed by atoms with Crippen molar-refractivity contribution in [3.8, 4) is 0 Å². The first-order valence-electron chi connectivity index (χ1n) is 10.4. The van der Waals surface area contributed by atoms with Crippen LogP contribution in [0.25, 0.3) is 0 Å². The molecule has 29 heavy (non-hydrogen) atoms. The van der Waals surface area contributed by atoms with Crippen LogP contribution in [-0.4, -0.2) is 53.2 Å². The van der Waals surface area contributed by atoms with Crippen molar-refractivity contribution in [2.75, 3.05) is 20.1 Å². The van der Waals surface area contributed by atoms with Gasteiger partial charge in [-0.1, -0.05) is 19.4 Å². The lowest BCUT2D eigenvalue weighted by atomic mass is 10.1. The van der Waals surface area contributed by atoms with Gasteiger partial charge in [0, 0.05) is 38.5 Å². The summed E-state index contributed by atoms with van der Waals surface area (Å²) in [6.07, 6.45) is 13.4. The molecule has 2 rings (SSSR count). The molecule has 0 spiro atoms. The zero-order valence-corrected chi connectivity index (χ0v) is 18.1. The van der Waals surface area contributed by atoms with Gasteiger partial charge in [-0.25, -0.2) is 5.01 Å². The highest BCUT2D eigenvalue weighted by Gasteiger charge is 2.18. The summed E-state index contributed by atoms with van der Waals surface area (Å²) in [5.41, 5.74) is 5.86. The maximum Gasteiger partial charge on any atom is 0.120 e. The molecule has 0 saturated carbocycles. The third-order valence-electron chi connectivity index (χ3n) is 4.81. The molecule has 0 atom stereocenters. The van der Waals surface area contributed by atoms with E-state index in [1.165, 1.54) is 0 Å². The summed E-state index contributed by atoms with van der Waals surface area (Å²) in [5.74, 6) is 0.962. The Morgan fingerprint density at radius 1 is 1.41 bits per heavy atom. The van der Waals surface area contributed by atoms with Crippen LogP contribution < -0.4 is 10.8 Å². The van der Waals surface area contributed by atoms with Crippen molar-refractivity contribution < 1.29 is 5.21 Å². The third kappa shape index (κ3) is 7.05. The van der Waals surface area contributed by atoms with Crippen molar-refractivity contribution in [3.63, 3.8) is 0 Å². The van der Waals surface area contributed by atoms with E-state index >= 15 is 0 Å². The second kappa shape index (κ2) is 12.1. The standard InChI is InChI=1S/C21H35N7O/c1-5-6-9-19-21(26-29)17(2)12-15-28(19)25-18(3)10-11-20-23-14-8-7-13-22-16-24-27(20)4/h9,12,15-16,26,29H,5-8,10-11,13-14H2,1-4H3,(H,22,24)/b19-9+,23-20-,25-18+. The van der Waals surface area contributed by atoms with Crippen LogP contribution in [0.5, 0.6) is 0 Å². The number of hydroxylamine groups is 1. The van der Waals surface area contributed by atoms with Crippen molar-refractivity contribution in [1.82, 2.24) is 20.8 Å². The van der Waals surface area contributed by atoms with Gasteiger partial charge in [-0.15, -0.1) is 0 Å². The number of hydrogen-bond acceptors (Lipinski definition) is 8. The van der Waals surface area contributed by atoms with E-state index in [4.69, 9.17) is 10.1 Å². The maximum atomic E-state index is 9.58. The molecule has 0 aliphatic carbocycles. The van der Waals surface area contributed by atoms with Crippen molar-refractivity contribution in [2.24, 2.45) is 15.2 Å². The molecule has 2 aliphatic heterocycles. The van der Waals surface area contributed by atoms with Crippen LogP contribution >= 0.6 is 0 Å². The van der Waals surface area contributed by atoms with Gasteiger partial charge in [0.15, 0.2) is 0 Å². The number of hydrazone groups is 2. The Morgan fingerprint density at radius 2 is 2.24 bits per heavy atom. The fraction of sp³-hybridized carbons (Fsp3) is 0.571. The number of unbranched alkanes of at least 4 members (excludes halogenated alkanes) is 1. The fourth-order valence-corrected chi connectivity index (χ4v) is 3.05. The van der Waals surface area contributed by atoms with Crippen molar-refractivity contribution in [2.45, 2.75) is 59.3 Å². The molecule has 8 nitrogen and oxygen atoms in total. The summed E-state index contributed by atoms with van der Waals surface area (Å²) in [7, 11) is 1.93. The SMILES string of the molecule is CCC/C=C1\C(NO)=C(C)C=CN1/N=C(\C)CC/C1=N/CCCCN/C=N/N1C. The molecule has 0 aromatic rings. The Hall–Kier alpha value is -2.61. The van der Waals surface area contributed by atoms with Crippen LogP contribution in [0.2, 0.25) is 0 Å². The molecule has 0 radical (unpaired) electrons. The number of nitrogens with zero attached hydrogens (tertiary/aromatic N) is 5. The molecular formula is C21H35N7O. The van der Waals surface area contributed by atoms with E-state index < -0.39 is 0 Å². The highest BCUT2D eigenvalue weighted by Crippen LogP contribution is 2.24. The monoisotopic (exact) mass is 401 g/mol. The van der Waals surface area contributed by atoms with E-state index in [1.807, 2.05) is 43.2 Å². The lowest BCUT2D eigenvalue weighted by molar-refractivity contribution is 0.196. The minimum Gasteiger partial charge on any atom is -0.375 e. The van der Waals surface area contributed by atoms with Crippen molar-refractivity contribution in [1.29, 1.82) is 0 Å². The molecule has 8 heteroatoms. The molecule has 0 aromatic carbocycles. The van der Waals surface area contributed by atoms with Gasteiger partial charge in [0.2, 0.25) is 0 Å². The molecule has 160 valence electrons. The minimum absolute atomic E-state index is 0.691. The summed E-state index contributed by atoms with van der Waals surface area (Å²) >= 11 is 0. The number of rotatable bonds is 7. The Kier molecular flexibility index (Phi) is 9.43. The number of allylic oxidation sites excluding steroid dienone is 3. The molecule has 2 heterocycles. The van der Waals surface area contributed by atoms with E-state index in [2.05, 4.69) is 28.9 Å². The molecule has 3 N–H and O–H groups in total. The summed E-state index contributed by atoms with van der Waals surface area (Å²) in [6.45, 7) is 7.87. The first kappa shape index (κ1) is 22.7. The molecule has 0 fully saturated rings. The average Bonchev–Trinajstić information content (AvgIpc) is 2.71. The number of amidine groups is 1. The van der Waals surface area contributed by atoms with Gasteiger partial charge < -0.3 is 5.32 Å². The second-order valence-electron chi connectivity index (χ2n) is 7.27. The van der Waals surface area contributed by atoms with E-state index in [1.54, 1.807) is 6.34 Å². The van der Waals surface area contributed by atoms with Gasteiger partial charge >= 0.3 is 0 Å². The van der Waals surface area contributed by atoms with Gasteiger partial charge in [0.25, 0.3) is 0 Å². The van der Waals surface area contributed by atoms with Gasteiger partial charge in [0.05, 0.1) is 11.4 Å². The fourth-order valence-electron chi connectivity index (χ4n) is 3.05. The topological polar surface area (TPSA) is 87.8 Å². The highest BCUT2D eigenvalue weighted by molar-refractivity contribution is 5.89. The first-order valence-corrected chi connectivity index (χ1v) is 10.4. The van der Waals surface area contributed by atoms with Crippen LogP contribution in [0.1, 0.15) is 59.3 Å². The van der Waals surface area contributed by atoms with Gasteiger partial charge in [0.1, 0.15) is 12.2 Å². The number of aliphatic imine (C=N–C) groups is 1. The zero-order valence-electron chi connectivity index (χ0n) is 18.1. The lowest BCUT2D eigenvalue weighted by Crippen LogP contribution is -2.26. The van der Waals surface area contributed by atoms with Crippen LogP contribution in [0.15, 0.2) is 50.5 Å². The lowest BCUT2D eigenvalue weighted by Gasteiger charge is -2.26. The van der Waals surface area contributed by atoms with E-state index in [0.717, 1.165) is 74.4 Å². The van der Waals surface area contributed by atoms with E-state index in [0.29, 0.717) is 5.70 Å².